The molecule has 2 N–H and O–H groups in total. The molecule has 116 valence electrons. The van der Waals surface area contributed by atoms with Gasteiger partial charge in [-0.15, -0.1) is 0 Å². The number of amides is 1. The molecule has 0 saturated carbocycles. The summed E-state index contributed by atoms with van der Waals surface area (Å²) in [7, 11) is 0. The average molecular weight is 302 g/mol. The van der Waals surface area contributed by atoms with Gasteiger partial charge < -0.3 is 15.4 Å². The Bertz CT molecular complexity index is 627. The van der Waals surface area contributed by atoms with Crippen LogP contribution in [0.1, 0.15) is 13.8 Å². The molecule has 0 spiro atoms. The fourth-order valence-corrected chi connectivity index (χ4v) is 1.87. The highest BCUT2D eigenvalue weighted by atomic mass is 19.1. The second-order valence-corrected chi connectivity index (χ2v) is 5.10. The van der Waals surface area contributed by atoms with E-state index >= 15 is 0 Å². The molecule has 0 saturated heterocycles. The molecular formula is C17H19FN2O2. The molecule has 5 heteroatoms. The quantitative estimate of drug-likeness (QED) is 0.856. The largest absolute Gasteiger partial charge is 0.491 e. The van der Waals surface area contributed by atoms with E-state index in [4.69, 9.17) is 4.74 Å². The van der Waals surface area contributed by atoms with Gasteiger partial charge in [0.15, 0.2) is 0 Å². The first-order valence-corrected chi connectivity index (χ1v) is 7.09. The molecule has 0 aliphatic carbocycles. The number of nitrogens with one attached hydrogen (secondary N) is 2. The zero-order valence-electron chi connectivity index (χ0n) is 12.6. The van der Waals surface area contributed by atoms with E-state index in [2.05, 4.69) is 10.6 Å². The Labute approximate surface area is 129 Å². The number of halogens is 1. The average Bonchev–Trinajstić information content (AvgIpc) is 2.46. The highest BCUT2D eigenvalue weighted by molar-refractivity contribution is 5.93. The van der Waals surface area contributed by atoms with E-state index in [1.165, 1.54) is 12.1 Å². The number of ether oxygens (including phenoxy) is 1. The molecule has 0 unspecified atom stereocenters. The van der Waals surface area contributed by atoms with Crippen molar-refractivity contribution < 1.29 is 13.9 Å². The fraction of sp³-hybridized carbons (Fsp3) is 0.235. The molecule has 0 heterocycles. The van der Waals surface area contributed by atoms with Crippen molar-refractivity contribution >= 4 is 17.3 Å². The molecule has 0 atom stereocenters. The van der Waals surface area contributed by atoms with Crippen molar-refractivity contribution in [1.29, 1.82) is 0 Å². The van der Waals surface area contributed by atoms with Gasteiger partial charge in [0.1, 0.15) is 11.6 Å². The molecule has 2 rings (SSSR count). The minimum Gasteiger partial charge on any atom is -0.491 e. The van der Waals surface area contributed by atoms with Gasteiger partial charge in [0.05, 0.1) is 12.6 Å². The lowest BCUT2D eigenvalue weighted by Gasteiger charge is -2.12. The van der Waals surface area contributed by atoms with Gasteiger partial charge in [0, 0.05) is 17.4 Å². The fourth-order valence-electron chi connectivity index (χ4n) is 1.87. The maximum Gasteiger partial charge on any atom is 0.243 e. The van der Waals surface area contributed by atoms with Gasteiger partial charge in [-0.05, 0) is 50.2 Å². The van der Waals surface area contributed by atoms with Crippen LogP contribution < -0.4 is 15.4 Å². The predicted octanol–water partition coefficient (Wildman–Crippen LogP) is 3.66. The minimum atomic E-state index is -0.308. The summed E-state index contributed by atoms with van der Waals surface area (Å²) in [6, 6.07) is 13.1. The summed E-state index contributed by atoms with van der Waals surface area (Å²) in [5, 5.41) is 5.71. The molecule has 0 radical (unpaired) electrons. The molecule has 0 aliphatic rings. The lowest BCUT2D eigenvalue weighted by atomic mass is 10.3. The lowest BCUT2D eigenvalue weighted by molar-refractivity contribution is -0.114. The van der Waals surface area contributed by atoms with Crippen LogP contribution in [0.4, 0.5) is 15.8 Å². The van der Waals surface area contributed by atoms with Gasteiger partial charge in [0.2, 0.25) is 5.91 Å². The smallest absolute Gasteiger partial charge is 0.243 e. The van der Waals surface area contributed by atoms with Crippen LogP contribution in [0.2, 0.25) is 0 Å². The third-order valence-electron chi connectivity index (χ3n) is 2.79. The van der Waals surface area contributed by atoms with E-state index in [1.54, 1.807) is 24.3 Å². The number of carbonyl (C=O) groups is 1. The second-order valence-electron chi connectivity index (χ2n) is 5.10. The summed E-state index contributed by atoms with van der Waals surface area (Å²) in [6.45, 7) is 3.98. The van der Waals surface area contributed by atoms with E-state index in [1.807, 2.05) is 26.0 Å². The predicted molar refractivity (Wildman–Crippen MR) is 85.7 cm³/mol. The van der Waals surface area contributed by atoms with Crippen molar-refractivity contribution in [2.24, 2.45) is 0 Å². The van der Waals surface area contributed by atoms with Crippen LogP contribution in [0.25, 0.3) is 0 Å². The number of carbonyl (C=O) groups excluding carboxylic acids is 1. The molecule has 4 nitrogen and oxygen atoms in total. The number of rotatable bonds is 6. The Balaban J connectivity index is 1.87. The van der Waals surface area contributed by atoms with Crippen LogP contribution >= 0.6 is 0 Å². The summed E-state index contributed by atoms with van der Waals surface area (Å²) >= 11 is 0. The van der Waals surface area contributed by atoms with Crippen molar-refractivity contribution in [2.45, 2.75) is 20.0 Å². The number of anilines is 2. The van der Waals surface area contributed by atoms with Crippen LogP contribution in [0.5, 0.6) is 5.75 Å². The number of hydrogen-bond donors (Lipinski definition) is 2. The monoisotopic (exact) mass is 302 g/mol. The highest BCUT2D eigenvalue weighted by Gasteiger charge is 2.04. The summed E-state index contributed by atoms with van der Waals surface area (Å²) < 4.78 is 18.4. The van der Waals surface area contributed by atoms with Gasteiger partial charge in [-0.1, -0.05) is 6.07 Å². The van der Waals surface area contributed by atoms with Gasteiger partial charge in [-0.25, -0.2) is 4.39 Å². The van der Waals surface area contributed by atoms with E-state index in [0.717, 1.165) is 0 Å². The molecule has 0 aromatic heterocycles. The molecule has 0 aliphatic heterocycles. The second kappa shape index (κ2) is 7.45. The zero-order chi connectivity index (χ0) is 15.9. The molecule has 2 aromatic rings. The Morgan fingerprint density at radius 1 is 1.14 bits per heavy atom. The maximum atomic E-state index is 12.8. The molecule has 1 amide bonds. The summed E-state index contributed by atoms with van der Waals surface area (Å²) in [4.78, 5) is 11.9. The topological polar surface area (TPSA) is 50.4 Å². The van der Waals surface area contributed by atoms with E-state index < -0.39 is 0 Å². The van der Waals surface area contributed by atoms with E-state index in [-0.39, 0.29) is 24.4 Å². The van der Waals surface area contributed by atoms with Crippen molar-refractivity contribution in [3.8, 4) is 5.75 Å². The third kappa shape index (κ3) is 5.09. The van der Waals surface area contributed by atoms with Gasteiger partial charge in [0.25, 0.3) is 0 Å². The van der Waals surface area contributed by atoms with Crippen molar-refractivity contribution in [3.05, 3.63) is 54.3 Å². The van der Waals surface area contributed by atoms with Crippen LogP contribution in [0.3, 0.4) is 0 Å². The van der Waals surface area contributed by atoms with E-state index in [0.29, 0.717) is 17.1 Å². The highest BCUT2D eigenvalue weighted by Crippen LogP contribution is 2.18. The number of benzene rings is 2. The normalized spacial score (nSPS) is 10.4. The van der Waals surface area contributed by atoms with Crippen LogP contribution in [-0.2, 0) is 4.79 Å². The summed E-state index contributed by atoms with van der Waals surface area (Å²) in [5.74, 6) is 0.210. The molecule has 2 aromatic carbocycles. The van der Waals surface area contributed by atoms with Gasteiger partial charge in [-0.2, -0.15) is 0 Å². The maximum absolute atomic E-state index is 12.8. The third-order valence-corrected chi connectivity index (χ3v) is 2.79. The Morgan fingerprint density at radius 3 is 2.55 bits per heavy atom. The Kier molecular flexibility index (Phi) is 5.36. The molecular weight excluding hydrogens is 283 g/mol. The minimum absolute atomic E-state index is 0.0751. The first-order valence-electron chi connectivity index (χ1n) is 7.09. The summed E-state index contributed by atoms with van der Waals surface area (Å²) in [5.41, 5.74) is 1.36. The standard InChI is InChI=1S/C17H19FN2O2/c1-12(2)22-16-5-3-4-15(10-16)20-17(21)11-19-14-8-6-13(18)7-9-14/h3-10,12,19H,11H2,1-2H3,(H,20,21). The van der Waals surface area contributed by atoms with Crippen molar-refractivity contribution in [2.75, 3.05) is 17.2 Å². The first-order chi connectivity index (χ1) is 10.5. The van der Waals surface area contributed by atoms with E-state index in [9.17, 15) is 9.18 Å². The van der Waals surface area contributed by atoms with Crippen LogP contribution in [-0.4, -0.2) is 18.6 Å². The first kappa shape index (κ1) is 15.8. The van der Waals surface area contributed by atoms with Crippen molar-refractivity contribution in [3.63, 3.8) is 0 Å². The SMILES string of the molecule is CC(C)Oc1cccc(NC(=O)CNc2ccc(F)cc2)c1. The van der Waals surface area contributed by atoms with Crippen molar-refractivity contribution in [1.82, 2.24) is 0 Å². The van der Waals surface area contributed by atoms with Crippen LogP contribution in [0, 0.1) is 5.82 Å². The molecule has 0 fully saturated rings. The molecule has 22 heavy (non-hydrogen) atoms. The Hall–Kier alpha value is -2.56. The summed E-state index contributed by atoms with van der Waals surface area (Å²) in [6.07, 6.45) is 0.0751. The van der Waals surface area contributed by atoms with Gasteiger partial charge in [-0.3, -0.25) is 4.79 Å². The zero-order valence-corrected chi connectivity index (χ0v) is 12.6. The van der Waals surface area contributed by atoms with Crippen LogP contribution in [0.15, 0.2) is 48.5 Å². The Morgan fingerprint density at radius 2 is 1.86 bits per heavy atom. The van der Waals surface area contributed by atoms with Gasteiger partial charge >= 0.3 is 0 Å². The molecule has 0 bridgehead atoms. The number of hydrogen-bond acceptors (Lipinski definition) is 3. The lowest BCUT2D eigenvalue weighted by Crippen LogP contribution is -2.21.